The fourth-order valence-corrected chi connectivity index (χ4v) is 3.89. The second-order valence-electron chi connectivity index (χ2n) is 5.37. The van der Waals surface area contributed by atoms with E-state index in [1.807, 2.05) is 0 Å². The van der Waals surface area contributed by atoms with Gasteiger partial charge in [-0.2, -0.15) is 0 Å². The number of carbonyl (C=O) groups excluding carboxylic acids is 1. The number of hydrogen-bond donors (Lipinski definition) is 0. The summed E-state index contributed by atoms with van der Waals surface area (Å²) in [5.74, 6) is 1.37. The van der Waals surface area contributed by atoms with Gasteiger partial charge in [0.15, 0.2) is 0 Å². The number of amides is 1. The molecule has 2 nitrogen and oxygen atoms in total. The highest BCUT2D eigenvalue weighted by Gasteiger charge is 2.48. The lowest BCUT2D eigenvalue weighted by molar-refractivity contribution is -0.133. The normalized spacial score (nSPS) is 42.1. The summed E-state index contributed by atoms with van der Waals surface area (Å²) < 4.78 is 0. The molecule has 3 aliphatic rings. The maximum Gasteiger partial charge on any atom is 0.223 e. The third kappa shape index (κ3) is 1.12. The molecule has 0 radical (unpaired) electrons. The van der Waals surface area contributed by atoms with Gasteiger partial charge in [-0.1, -0.05) is 19.3 Å². The van der Waals surface area contributed by atoms with Crippen LogP contribution in [0.5, 0.6) is 0 Å². The highest BCUT2D eigenvalue weighted by molar-refractivity contribution is 5.79. The zero-order valence-corrected chi connectivity index (χ0v) is 8.80. The molecule has 1 spiro atoms. The maximum absolute atomic E-state index is 11.7. The second kappa shape index (κ2) is 2.98. The summed E-state index contributed by atoms with van der Waals surface area (Å²) in [4.78, 5) is 14.0. The topological polar surface area (TPSA) is 20.3 Å². The van der Waals surface area contributed by atoms with E-state index in [9.17, 15) is 4.79 Å². The standard InChI is InChI=1S/C12H19NO/c14-11-4-7-12-6-2-1-3-10(9-12)5-8-13(11)12/h10H,1-9H2/t10-,12+/m0/s1. The minimum atomic E-state index is 0.330. The van der Waals surface area contributed by atoms with E-state index in [-0.39, 0.29) is 0 Å². The van der Waals surface area contributed by atoms with Crippen LogP contribution in [0.2, 0.25) is 0 Å². The molecule has 0 aromatic heterocycles. The van der Waals surface area contributed by atoms with Gasteiger partial charge in [-0.3, -0.25) is 4.79 Å². The fraction of sp³-hybridized carbons (Fsp3) is 0.917. The zero-order chi connectivity index (χ0) is 9.60. The van der Waals surface area contributed by atoms with E-state index in [4.69, 9.17) is 0 Å². The third-order valence-electron chi connectivity index (χ3n) is 4.61. The van der Waals surface area contributed by atoms with Crippen molar-refractivity contribution in [1.29, 1.82) is 0 Å². The highest BCUT2D eigenvalue weighted by Crippen LogP contribution is 2.47. The zero-order valence-electron chi connectivity index (χ0n) is 8.80. The van der Waals surface area contributed by atoms with Crippen molar-refractivity contribution in [3.8, 4) is 0 Å². The molecule has 14 heavy (non-hydrogen) atoms. The summed E-state index contributed by atoms with van der Waals surface area (Å²) in [5, 5.41) is 0. The van der Waals surface area contributed by atoms with Crippen LogP contribution in [0.1, 0.15) is 51.4 Å². The van der Waals surface area contributed by atoms with Crippen molar-refractivity contribution in [2.45, 2.75) is 56.9 Å². The summed E-state index contributed by atoms with van der Waals surface area (Å²) in [6.45, 7) is 1.06. The van der Waals surface area contributed by atoms with Gasteiger partial charge >= 0.3 is 0 Å². The average Bonchev–Trinajstić information content (AvgIpc) is 2.41. The molecule has 2 bridgehead atoms. The molecule has 0 N–H and O–H groups in total. The van der Waals surface area contributed by atoms with Gasteiger partial charge in [0.25, 0.3) is 0 Å². The first-order valence-electron chi connectivity index (χ1n) is 6.11. The Bertz CT molecular complexity index is 263. The Balaban J connectivity index is 1.92. The van der Waals surface area contributed by atoms with Crippen molar-refractivity contribution in [3.05, 3.63) is 0 Å². The molecule has 2 heteroatoms. The molecule has 0 aromatic carbocycles. The average molecular weight is 193 g/mol. The number of hydrogen-bond acceptors (Lipinski definition) is 1. The first-order valence-corrected chi connectivity index (χ1v) is 6.11. The molecule has 1 amide bonds. The molecular formula is C12H19NO. The summed E-state index contributed by atoms with van der Waals surface area (Å²) in [7, 11) is 0. The van der Waals surface area contributed by atoms with Crippen LogP contribution < -0.4 is 0 Å². The maximum atomic E-state index is 11.7. The van der Waals surface area contributed by atoms with Crippen LogP contribution in [0, 0.1) is 5.92 Å². The number of piperidine rings is 1. The molecule has 3 rings (SSSR count). The molecule has 2 saturated heterocycles. The van der Waals surface area contributed by atoms with Crippen LogP contribution in [-0.2, 0) is 4.79 Å². The molecule has 2 aliphatic heterocycles. The van der Waals surface area contributed by atoms with Crippen LogP contribution >= 0.6 is 0 Å². The van der Waals surface area contributed by atoms with E-state index >= 15 is 0 Å². The van der Waals surface area contributed by atoms with E-state index in [1.54, 1.807) is 0 Å². The third-order valence-corrected chi connectivity index (χ3v) is 4.61. The lowest BCUT2D eigenvalue weighted by Gasteiger charge is -2.44. The van der Waals surface area contributed by atoms with Gasteiger partial charge in [0, 0.05) is 18.5 Å². The monoisotopic (exact) mass is 193 g/mol. The summed E-state index contributed by atoms with van der Waals surface area (Å²) in [6, 6.07) is 0. The Hall–Kier alpha value is -0.530. The van der Waals surface area contributed by atoms with Crippen molar-refractivity contribution in [2.75, 3.05) is 6.54 Å². The van der Waals surface area contributed by atoms with Crippen molar-refractivity contribution in [1.82, 2.24) is 4.90 Å². The Morgan fingerprint density at radius 2 is 2.14 bits per heavy atom. The Labute approximate surface area is 85.7 Å². The quantitative estimate of drug-likeness (QED) is 0.578. The van der Waals surface area contributed by atoms with Gasteiger partial charge in [0.2, 0.25) is 5.91 Å². The molecule has 0 aromatic rings. The summed E-state index contributed by atoms with van der Waals surface area (Å²) in [6.07, 6.45) is 10.0. The van der Waals surface area contributed by atoms with Crippen LogP contribution in [0.15, 0.2) is 0 Å². The number of nitrogens with zero attached hydrogens (tertiary/aromatic N) is 1. The van der Waals surface area contributed by atoms with E-state index in [0.717, 1.165) is 25.3 Å². The molecule has 2 atom stereocenters. The van der Waals surface area contributed by atoms with Crippen molar-refractivity contribution in [3.63, 3.8) is 0 Å². The largest absolute Gasteiger partial charge is 0.337 e. The number of carbonyl (C=O) groups is 1. The summed E-state index contributed by atoms with van der Waals surface area (Å²) >= 11 is 0. The van der Waals surface area contributed by atoms with Gasteiger partial charge in [0.05, 0.1) is 0 Å². The van der Waals surface area contributed by atoms with Crippen molar-refractivity contribution in [2.24, 2.45) is 5.92 Å². The first kappa shape index (κ1) is 8.75. The number of fused-ring (bicyclic) bond motifs is 1. The van der Waals surface area contributed by atoms with Crippen molar-refractivity contribution < 1.29 is 4.79 Å². The molecule has 78 valence electrons. The Morgan fingerprint density at radius 1 is 1.21 bits per heavy atom. The molecule has 1 aliphatic carbocycles. The summed E-state index contributed by atoms with van der Waals surface area (Å²) in [5.41, 5.74) is 0.330. The van der Waals surface area contributed by atoms with Gasteiger partial charge in [-0.25, -0.2) is 0 Å². The smallest absolute Gasteiger partial charge is 0.223 e. The van der Waals surface area contributed by atoms with Gasteiger partial charge in [-0.05, 0) is 31.6 Å². The first-order chi connectivity index (χ1) is 6.80. The molecule has 1 saturated carbocycles. The van der Waals surface area contributed by atoms with Gasteiger partial charge in [0.1, 0.15) is 0 Å². The minimum absolute atomic E-state index is 0.330. The lowest BCUT2D eigenvalue weighted by Crippen LogP contribution is -2.50. The highest BCUT2D eigenvalue weighted by atomic mass is 16.2. The second-order valence-corrected chi connectivity index (χ2v) is 5.37. The predicted molar refractivity (Wildman–Crippen MR) is 54.9 cm³/mol. The Kier molecular flexibility index (Phi) is 1.86. The van der Waals surface area contributed by atoms with E-state index in [1.165, 1.54) is 38.5 Å². The van der Waals surface area contributed by atoms with Crippen LogP contribution in [0.4, 0.5) is 0 Å². The van der Waals surface area contributed by atoms with Gasteiger partial charge in [-0.15, -0.1) is 0 Å². The SMILES string of the molecule is O=C1CC[C@@]23CCCC[C@@H](CCN12)C3. The Morgan fingerprint density at radius 3 is 3.07 bits per heavy atom. The fourth-order valence-electron chi connectivity index (χ4n) is 3.89. The van der Waals surface area contributed by atoms with Crippen LogP contribution in [0.25, 0.3) is 0 Å². The van der Waals surface area contributed by atoms with E-state index < -0.39 is 0 Å². The van der Waals surface area contributed by atoms with E-state index in [0.29, 0.717) is 11.4 Å². The van der Waals surface area contributed by atoms with Crippen molar-refractivity contribution >= 4 is 5.91 Å². The number of rotatable bonds is 0. The molecule has 3 fully saturated rings. The molecule has 0 unspecified atom stereocenters. The van der Waals surface area contributed by atoms with Gasteiger partial charge < -0.3 is 4.90 Å². The lowest BCUT2D eigenvalue weighted by atomic mass is 9.79. The minimum Gasteiger partial charge on any atom is -0.337 e. The van der Waals surface area contributed by atoms with Crippen LogP contribution in [-0.4, -0.2) is 22.9 Å². The van der Waals surface area contributed by atoms with Crippen LogP contribution in [0.3, 0.4) is 0 Å². The molecule has 2 heterocycles. The van der Waals surface area contributed by atoms with E-state index in [2.05, 4.69) is 4.90 Å². The predicted octanol–water partition coefficient (Wildman–Crippen LogP) is 2.33. The molecular weight excluding hydrogens is 174 g/mol.